The maximum absolute atomic E-state index is 11.7. The lowest BCUT2D eigenvalue weighted by atomic mass is 10.1. The van der Waals surface area contributed by atoms with Crippen molar-refractivity contribution in [2.24, 2.45) is 0 Å². The maximum Gasteiger partial charge on any atom is 0.408 e. The Labute approximate surface area is 137 Å². The number of benzene rings is 1. The fraction of sp³-hybridized carbons (Fsp3) is 0.429. The summed E-state index contributed by atoms with van der Waals surface area (Å²) in [6.07, 6.45) is -0.592. The molecule has 7 heteroatoms. The maximum atomic E-state index is 11.7. The first kappa shape index (κ1) is 17.5. The Bertz CT molecular complexity index is 540. The molecule has 21 heavy (non-hydrogen) atoms. The van der Waals surface area contributed by atoms with Gasteiger partial charge >= 0.3 is 12.1 Å². The summed E-state index contributed by atoms with van der Waals surface area (Å²) in [5.41, 5.74) is 6.44. The average molecular weight is 406 g/mol. The Kier molecular flexibility index (Phi) is 5.82. The Morgan fingerprint density at radius 2 is 2.05 bits per heavy atom. The van der Waals surface area contributed by atoms with Crippen LogP contribution in [0.2, 0.25) is 0 Å². The lowest BCUT2D eigenvalue weighted by Crippen LogP contribution is -2.44. The minimum Gasteiger partial charge on any atom is -0.480 e. The number of alkyl carbamates (subject to hydrolysis) is 1. The second kappa shape index (κ2) is 6.97. The highest BCUT2D eigenvalue weighted by Gasteiger charge is 2.24. The van der Waals surface area contributed by atoms with E-state index in [0.717, 1.165) is 9.13 Å². The van der Waals surface area contributed by atoms with Crippen molar-refractivity contribution in [3.05, 3.63) is 27.3 Å². The number of anilines is 1. The van der Waals surface area contributed by atoms with E-state index in [2.05, 4.69) is 27.9 Å². The number of nitrogen functional groups attached to an aromatic ring is 1. The van der Waals surface area contributed by atoms with Gasteiger partial charge in [0.2, 0.25) is 0 Å². The number of carbonyl (C=O) groups excluding carboxylic acids is 1. The number of carboxylic acid groups (broad SMARTS) is 1. The molecular weight excluding hydrogens is 387 g/mol. The van der Waals surface area contributed by atoms with Gasteiger partial charge in [0.15, 0.2) is 0 Å². The second-order valence-electron chi connectivity index (χ2n) is 5.60. The molecule has 0 bridgehead atoms. The van der Waals surface area contributed by atoms with Crippen molar-refractivity contribution in [1.29, 1.82) is 0 Å². The van der Waals surface area contributed by atoms with Crippen LogP contribution in [0.4, 0.5) is 10.5 Å². The summed E-state index contributed by atoms with van der Waals surface area (Å²) in [7, 11) is 0. The third-order valence-corrected chi connectivity index (χ3v) is 3.43. The van der Waals surface area contributed by atoms with Gasteiger partial charge in [-0.25, -0.2) is 9.59 Å². The number of amides is 1. The second-order valence-corrected chi connectivity index (χ2v) is 6.76. The predicted molar refractivity (Wildman–Crippen MR) is 88.1 cm³/mol. The summed E-state index contributed by atoms with van der Waals surface area (Å²) < 4.78 is 5.90. The van der Waals surface area contributed by atoms with Gasteiger partial charge in [0.05, 0.1) is 0 Å². The van der Waals surface area contributed by atoms with Crippen LogP contribution in [-0.4, -0.2) is 28.8 Å². The quantitative estimate of drug-likeness (QED) is 0.527. The van der Waals surface area contributed by atoms with E-state index in [4.69, 9.17) is 10.5 Å². The fourth-order valence-electron chi connectivity index (χ4n) is 1.58. The molecule has 0 radical (unpaired) electrons. The van der Waals surface area contributed by atoms with Gasteiger partial charge in [-0.1, -0.05) is 6.07 Å². The molecule has 0 spiro atoms. The molecule has 0 saturated heterocycles. The predicted octanol–water partition coefficient (Wildman–Crippen LogP) is 2.39. The normalized spacial score (nSPS) is 12.6. The fourth-order valence-corrected chi connectivity index (χ4v) is 2.16. The summed E-state index contributed by atoms with van der Waals surface area (Å²) >= 11 is 2.07. The minimum atomic E-state index is -1.12. The van der Waals surface area contributed by atoms with Gasteiger partial charge in [0.1, 0.15) is 11.6 Å². The Balaban J connectivity index is 2.76. The van der Waals surface area contributed by atoms with E-state index in [1.807, 2.05) is 0 Å². The number of hydrogen-bond donors (Lipinski definition) is 3. The summed E-state index contributed by atoms with van der Waals surface area (Å²) in [6.45, 7) is 5.14. The third kappa shape index (κ3) is 6.19. The molecule has 0 aliphatic heterocycles. The van der Waals surface area contributed by atoms with Crippen molar-refractivity contribution < 1.29 is 19.4 Å². The Hall–Kier alpha value is -1.51. The van der Waals surface area contributed by atoms with Gasteiger partial charge in [-0.3, -0.25) is 0 Å². The van der Waals surface area contributed by atoms with Crippen LogP contribution < -0.4 is 11.1 Å². The summed E-state index contributed by atoms with van der Waals surface area (Å²) in [6, 6.07) is 4.19. The number of halogens is 1. The molecule has 1 aromatic carbocycles. The Morgan fingerprint density at radius 3 is 2.52 bits per heavy atom. The van der Waals surface area contributed by atoms with E-state index in [9.17, 15) is 14.7 Å². The van der Waals surface area contributed by atoms with Gasteiger partial charge in [0.25, 0.3) is 0 Å². The lowest BCUT2D eigenvalue weighted by Gasteiger charge is -2.22. The molecule has 1 aromatic rings. The molecule has 1 rings (SSSR count). The number of aliphatic carboxylic acids is 1. The number of ether oxygens (including phenoxy) is 1. The SMILES string of the molecule is CC(C)(C)OC(=O)NC(Cc1ccc(N)c(I)c1)C(=O)O. The summed E-state index contributed by atoms with van der Waals surface area (Å²) in [4.78, 5) is 22.9. The van der Waals surface area contributed by atoms with Crippen molar-refractivity contribution >= 4 is 40.3 Å². The number of nitrogens with one attached hydrogen (secondary N) is 1. The number of carboxylic acids is 1. The molecule has 1 amide bonds. The van der Waals surface area contributed by atoms with Gasteiger partial charge in [-0.2, -0.15) is 0 Å². The average Bonchev–Trinajstić information content (AvgIpc) is 2.30. The standard InChI is InChI=1S/C14H19IN2O4/c1-14(2,3)21-13(20)17-11(12(18)19)7-8-4-5-10(16)9(15)6-8/h4-6,11H,7,16H2,1-3H3,(H,17,20)(H,18,19). The van der Waals surface area contributed by atoms with Crippen molar-refractivity contribution in [3.8, 4) is 0 Å². The van der Waals surface area contributed by atoms with Crippen LogP contribution in [0.1, 0.15) is 26.3 Å². The first-order valence-corrected chi connectivity index (χ1v) is 7.42. The third-order valence-electron chi connectivity index (χ3n) is 2.49. The van der Waals surface area contributed by atoms with Crippen molar-refractivity contribution in [2.45, 2.75) is 38.8 Å². The number of nitrogens with two attached hydrogens (primary N) is 1. The van der Waals surface area contributed by atoms with Crippen LogP contribution >= 0.6 is 22.6 Å². The largest absolute Gasteiger partial charge is 0.480 e. The molecule has 1 unspecified atom stereocenters. The monoisotopic (exact) mass is 406 g/mol. The van der Waals surface area contributed by atoms with Crippen LogP contribution in [0.15, 0.2) is 18.2 Å². The van der Waals surface area contributed by atoms with Gasteiger partial charge in [-0.15, -0.1) is 0 Å². The van der Waals surface area contributed by atoms with Gasteiger partial charge in [0, 0.05) is 15.7 Å². The summed E-state index contributed by atoms with van der Waals surface area (Å²) in [5.74, 6) is -1.12. The van der Waals surface area contributed by atoms with Crippen molar-refractivity contribution in [2.75, 3.05) is 5.73 Å². The number of carbonyl (C=O) groups is 2. The first-order valence-electron chi connectivity index (χ1n) is 6.34. The molecule has 6 nitrogen and oxygen atoms in total. The zero-order valence-corrected chi connectivity index (χ0v) is 14.3. The van der Waals surface area contributed by atoms with E-state index in [1.54, 1.807) is 39.0 Å². The molecular formula is C14H19IN2O4. The zero-order chi connectivity index (χ0) is 16.2. The minimum absolute atomic E-state index is 0.158. The number of rotatable bonds is 4. The first-order chi connectivity index (χ1) is 9.58. The molecule has 0 aliphatic carbocycles. The van der Waals surface area contributed by atoms with Crippen LogP contribution in [0.25, 0.3) is 0 Å². The van der Waals surface area contributed by atoms with Crippen LogP contribution in [0, 0.1) is 3.57 Å². The van der Waals surface area contributed by atoms with E-state index < -0.39 is 23.7 Å². The van der Waals surface area contributed by atoms with Crippen LogP contribution in [-0.2, 0) is 16.0 Å². The molecule has 0 fully saturated rings. The molecule has 116 valence electrons. The molecule has 4 N–H and O–H groups in total. The molecule has 1 atom stereocenters. The zero-order valence-electron chi connectivity index (χ0n) is 12.1. The highest BCUT2D eigenvalue weighted by molar-refractivity contribution is 14.1. The van der Waals surface area contributed by atoms with E-state index in [1.165, 1.54) is 0 Å². The number of hydrogen-bond acceptors (Lipinski definition) is 4. The van der Waals surface area contributed by atoms with Crippen molar-refractivity contribution in [3.63, 3.8) is 0 Å². The highest BCUT2D eigenvalue weighted by atomic mass is 127. The van der Waals surface area contributed by atoms with Gasteiger partial charge in [-0.05, 0) is 61.1 Å². The molecule has 0 saturated carbocycles. The smallest absolute Gasteiger partial charge is 0.408 e. The lowest BCUT2D eigenvalue weighted by molar-refractivity contribution is -0.139. The van der Waals surface area contributed by atoms with E-state index in [-0.39, 0.29) is 6.42 Å². The van der Waals surface area contributed by atoms with Crippen molar-refractivity contribution in [1.82, 2.24) is 5.32 Å². The van der Waals surface area contributed by atoms with Crippen LogP contribution in [0.3, 0.4) is 0 Å². The summed E-state index contributed by atoms with van der Waals surface area (Å²) in [5, 5.41) is 11.6. The van der Waals surface area contributed by atoms with E-state index in [0.29, 0.717) is 5.69 Å². The molecule has 0 aromatic heterocycles. The van der Waals surface area contributed by atoms with Gasteiger partial charge < -0.3 is 20.9 Å². The molecule has 0 aliphatic rings. The van der Waals surface area contributed by atoms with E-state index >= 15 is 0 Å². The topological polar surface area (TPSA) is 102 Å². The van der Waals surface area contributed by atoms with Crippen LogP contribution in [0.5, 0.6) is 0 Å². The molecule has 0 heterocycles. The Morgan fingerprint density at radius 1 is 1.43 bits per heavy atom. The highest BCUT2D eigenvalue weighted by Crippen LogP contribution is 2.17.